The van der Waals surface area contributed by atoms with E-state index in [-0.39, 0.29) is 23.1 Å². The Bertz CT molecular complexity index is 677. The summed E-state index contributed by atoms with van der Waals surface area (Å²) in [5.74, 6) is -0.442. The van der Waals surface area contributed by atoms with E-state index in [9.17, 15) is 9.90 Å². The number of carbonyl (C=O) groups is 1. The van der Waals surface area contributed by atoms with Crippen LogP contribution in [0.25, 0.3) is 0 Å². The third-order valence-electron chi connectivity index (χ3n) is 2.94. The molecule has 7 heteroatoms. The molecule has 1 aliphatic heterocycles. The van der Waals surface area contributed by atoms with Gasteiger partial charge in [0.2, 0.25) is 6.79 Å². The van der Waals surface area contributed by atoms with Crippen molar-refractivity contribution in [2.24, 2.45) is 0 Å². The minimum atomic E-state index is -1.26. The van der Waals surface area contributed by atoms with Crippen LogP contribution < -0.4 is 9.47 Å². The quantitative estimate of drug-likeness (QED) is 0.904. The zero-order valence-electron chi connectivity index (χ0n) is 10.00. The van der Waals surface area contributed by atoms with Crippen LogP contribution in [0.2, 0.25) is 5.02 Å². The van der Waals surface area contributed by atoms with Crippen molar-refractivity contribution in [1.29, 1.82) is 0 Å². The highest BCUT2D eigenvalue weighted by molar-refractivity contribution is 6.32. The molecular weight excluding hydrogens is 288 g/mol. The Labute approximate surface area is 118 Å². The summed E-state index contributed by atoms with van der Waals surface area (Å²) in [5, 5.41) is 19.5. The summed E-state index contributed by atoms with van der Waals surface area (Å²) in [7, 11) is 0. The van der Waals surface area contributed by atoms with Gasteiger partial charge in [0.15, 0.2) is 17.3 Å². The van der Waals surface area contributed by atoms with Crippen LogP contribution >= 0.6 is 11.6 Å². The smallest absolute Gasteiger partial charge is 0.339 e. The summed E-state index contributed by atoms with van der Waals surface area (Å²) < 4.78 is 15.4. The molecule has 2 heterocycles. The molecule has 0 spiro atoms. The van der Waals surface area contributed by atoms with Gasteiger partial charge in [-0.15, -0.1) is 0 Å². The fourth-order valence-electron chi connectivity index (χ4n) is 2.01. The van der Waals surface area contributed by atoms with E-state index in [1.54, 1.807) is 0 Å². The standard InChI is InChI=1S/C13H9ClO6/c14-8-3-6(4-9-12(8)20-5-19-9)10(15)11-7(13(16)17)1-2-18-11/h1-4,10,15H,5H2,(H,16,17). The van der Waals surface area contributed by atoms with Gasteiger partial charge in [-0.1, -0.05) is 11.6 Å². The summed E-state index contributed by atoms with van der Waals surface area (Å²) in [6, 6.07) is 4.29. The van der Waals surface area contributed by atoms with E-state index < -0.39 is 12.1 Å². The van der Waals surface area contributed by atoms with E-state index in [1.807, 2.05) is 0 Å². The molecule has 6 nitrogen and oxygen atoms in total. The van der Waals surface area contributed by atoms with E-state index in [4.69, 9.17) is 30.6 Å². The first-order valence-electron chi connectivity index (χ1n) is 5.65. The molecule has 0 saturated heterocycles. The molecule has 0 fully saturated rings. The van der Waals surface area contributed by atoms with Crippen molar-refractivity contribution in [3.8, 4) is 11.5 Å². The van der Waals surface area contributed by atoms with Gasteiger partial charge in [0.05, 0.1) is 11.3 Å². The Balaban J connectivity index is 2.03. The monoisotopic (exact) mass is 296 g/mol. The summed E-state index contributed by atoms with van der Waals surface area (Å²) >= 11 is 6.02. The first kappa shape index (κ1) is 12.8. The largest absolute Gasteiger partial charge is 0.478 e. The minimum Gasteiger partial charge on any atom is -0.478 e. The van der Waals surface area contributed by atoms with E-state index in [1.165, 1.54) is 24.5 Å². The predicted molar refractivity (Wildman–Crippen MR) is 67.3 cm³/mol. The van der Waals surface area contributed by atoms with E-state index in [0.29, 0.717) is 17.1 Å². The fraction of sp³-hybridized carbons (Fsp3) is 0.154. The van der Waals surface area contributed by atoms with Crippen molar-refractivity contribution in [2.75, 3.05) is 6.79 Å². The lowest BCUT2D eigenvalue weighted by molar-refractivity contribution is 0.0687. The zero-order valence-corrected chi connectivity index (χ0v) is 10.8. The molecule has 2 N–H and O–H groups in total. The number of aliphatic hydroxyl groups excluding tert-OH is 1. The number of carboxylic acids is 1. The summed E-state index contributed by atoms with van der Waals surface area (Å²) in [6.07, 6.45) is -0.0561. The summed E-state index contributed by atoms with van der Waals surface area (Å²) in [4.78, 5) is 11.0. The molecule has 0 saturated carbocycles. The lowest BCUT2D eigenvalue weighted by Gasteiger charge is -2.11. The average Bonchev–Trinajstić information content (AvgIpc) is 3.06. The topological polar surface area (TPSA) is 89.1 Å². The van der Waals surface area contributed by atoms with Crippen molar-refractivity contribution < 1.29 is 28.9 Å². The molecule has 1 aliphatic rings. The second-order valence-electron chi connectivity index (χ2n) is 4.14. The predicted octanol–water partition coefficient (Wildman–Crippen LogP) is 2.44. The molecule has 1 aromatic heterocycles. The summed E-state index contributed by atoms with van der Waals surface area (Å²) in [6.45, 7) is 0.0513. The molecule has 20 heavy (non-hydrogen) atoms. The van der Waals surface area contributed by atoms with Crippen molar-refractivity contribution in [1.82, 2.24) is 0 Å². The average molecular weight is 297 g/mol. The maximum atomic E-state index is 11.0. The zero-order chi connectivity index (χ0) is 14.3. The normalized spacial score (nSPS) is 14.3. The van der Waals surface area contributed by atoms with Crippen molar-refractivity contribution in [3.05, 3.63) is 46.4 Å². The summed E-state index contributed by atoms with van der Waals surface area (Å²) in [5.41, 5.74) is 0.253. The van der Waals surface area contributed by atoms with Gasteiger partial charge in [0.25, 0.3) is 0 Å². The third-order valence-corrected chi connectivity index (χ3v) is 3.22. The molecular formula is C13H9ClO6. The van der Waals surface area contributed by atoms with Crippen molar-refractivity contribution >= 4 is 17.6 Å². The fourth-order valence-corrected chi connectivity index (χ4v) is 2.28. The second kappa shape index (κ2) is 4.73. The number of aromatic carboxylic acids is 1. The lowest BCUT2D eigenvalue weighted by atomic mass is 10.0. The molecule has 0 aliphatic carbocycles. The first-order chi connectivity index (χ1) is 9.58. The van der Waals surface area contributed by atoms with Crippen LogP contribution in [0, 0.1) is 0 Å². The highest BCUT2D eigenvalue weighted by atomic mass is 35.5. The Hall–Kier alpha value is -2.18. The van der Waals surface area contributed by atoms with Gasteiger partial charge in [-0.2, -0.15) is 0 Å². The molecule has 0 bridgehead atoms. The van der Waals surface area contributed by atoms with E-state index in [2.05, 4.69) is 0 Å². The van der Waals surface area contributed by atoms with Gasteiger partial charge in [-0.05, 0) is 23.8 Å². The number of rotatable bonds is 3. The number of furan rings is 1. The van der Waals surface area contributed by atoms with Crippen molar-refractivity contribution in [3.63, 3.8) is 0 Å². The maximum absolute atomic E-state index is 11.0. The molecule has 104 valence electrons. The molecule has 2 aromatic rings. The molecule has 1 atom stereocenters. The van der Waals surface area contributed by atoms with Crippen LogP contribution in [0.15, 0.2) is 28.9 Å². The number of benzene rings is 1. The molecule has 1 unspecified atom stereocenters. The van der Waals surface area contributed by atoms with Gasteiger partial charge in [-0.25, -0.2) is 4.79 Å². The molecule has 0 amide bonds. The van der Waals surface area contributed by atoms with Crippen LogP contribution in [-0.2, 0) is 0 Å². The highest BCUT2D eigenvalue weighted by Gasteiger charge is 2.26. The maximum Gasteiger partial charge on any atom is 0.339 e. The number of ether oxygens (including phenoxy) is 2. The molecule has 1 aromatic carbocycles. The first-order valence-corrected chi connectivity index (χ1v) is 6.03. The number of carboxylic acid groups (broad SMARTS) is 1. The lowest BCUT2D eigenvalue weighted by Crippen LogP contribution is -2.05. The number of hydrogen-bond acceptors (Lipinski definition) is 5. The van der Waals surface area contributed by atoms with Gasteiger partial charge >= 0.3 is 5.97 Å². The van der Waals surface area contributed by atoms with Crippen molar-refractivity contribution in [2.45, 2.75) is 6.10 Å². The van der Waals surface area contributed by atoms with Gasteiger partial charge in [-0.3, -0.25) is 0 Å². The van der Waals surface area contributed by atoms with Crippen LogP contribution in [0.5, 0.6) is 11.5 Å². The SMILES string of the molecule is O=C(O)c1ccoc1C(O)c1cc(Cl)c2c(c1)OCO2. The highest BCUT2D eigenvalue weighted by Crippen LogP contribution is 2.42. The number of aliphatic hydroxyl groups is 1. The minimum absolute atomic E-state index is 0.0513. The van der Waals surface area contributed by atoms with E-state index in [0.717, 1.165) is 0 Å². The number of fused-ring (bicyclic) bond motifs is 1. The number of hydrogen-bond donors (Lipinski definition) is 2. The number of halogens is 1. The van der Waals surface area contributed by atoms with Crippen LogP contribution in [0.4, 0.5) is 0 Å². The Morgan fingerprint density at radius 2 is 2.15 bits per heavy atom. The Kier molecular flexibility index (Phi) is 3.04. The van der Waals surface area contributed by atoms with Crippen LogP contribution in [0.3, 0.4) is 0 Å². The van der Waals surface area contributed by atoms with Crippen LogP contribution in [0.1, 0.15) is 27.8 Å². The Morgan fingerprint density at radius 3 is 2.90 bits per heavy atom. The Morgan fingerprint density at radius 1 is 1.35 bits per heavy atom. The van der Waals surface area contributed by atoms with Gasteiger partial charge < -0.3 is 24.1 Å². The molecule has 3 rings (SSSR count). The second-order valence-corrected chi connectivity index (χ2v) is 4.55. The van der Waals surface area contributed by atoms with Gasteiger partial charge in [0.1, 0.15) is 11.7 Å². The van der Waals surface area contributed by atoms with Crippen LogP contribution in [-0.4, -0.2) is 23.0 Å². The molecule has 0 radical (unpaired) electrons. The third kappa shape index (κ3) is 1.99. The van der Waals surface area contributed by atoms with E-state index >= 15 is 0 Å². The van der Waals surface area contributed by atoms with Gasteiger partial charge in [0, 0.05) is 0 Å².